The summed E-state index contributed by atoms with van der Waals surface area (Å²) in [5.41, 5.74) is 0.943. The molecule has 6 nitrogen and oxygen atoms in total. The Labute approximate surface area is 172 Å². The average Bonchev–Trinajstić information content (AvgIpc) is 2.62. The predicted octanol–water partition coefficient (Wildman–Crippen LogP) is 2.47. The van der Waals surface area contributed by atoms with Crippen molar-refractivity contribution >= 4 is 39.9 Å². The molecule has 0 saturated carbocycles. The largest absolute Gasteiger partial charge is 0.336 e. The topological polar surface area (TPSA) is 69.7 Å². The first-order valence-electron chi connectivity index (χ1n) is 9.10. The van der Waals surface area contributed by atoms with Gasteiger partial charge in [0.25, 0.3) is 0 Å². The zero-order valence-electron chi connectivity index (χ0n) is 15.7. The molecule has 0 aliphatic carbocycles. The van der Waals surface area contributed by atoms with E-state index >= 15 is 0 Å². The van der Waals surface area contributed by atoms with Crippen molar-refractivity contribution in [1.82, 2.24) is 14.5 Å². The van der Waals surface area contributed by atoms with E-state index in [-0.39, 0.29) is 40.2 Å². The molecule has 1 aromatic carbocycles. The SMILES string of the molecule is CC(C)c1ccc(Cl)c(S(=O)(=O)N2CCCC(N3CCNCC3=O)C2)c1.Cl. The summed E-state index contributed by atoms with van der Waals surface area (Å²) in [5.74, 6) is 0.258. The molecule has 2 saturated heterocycles. The lowest BCUT2D eigenvalue weighted by atomic mass is 10.0. The van der Waals surface area contributed by atoms with Crippen molar-refractivity contribution in [2.24, 2.45) is 0 Å². The maximum Gasteiger partial charge on any atom is 0.244 e. The van der Waals surface area contributed by atoms with Crippen LogP contribution in [0, 0.1) is 0 Å². The van der Waals surface area contributed by atoms with E-state index in [4.69, 9.17) is 11.6 Å². The van der Waals surface area contributed by atoms with Gasteiger partial charge in [-0.2, -0.15) is 4.31 Å². The molecule has 2 fully saturated rings. The molecule has 1 amide bonds. The third-order valence-corrected chi connectivity index (χ3v) is 7.51. The Hall–Kier alpha value is -0.860. The minimum Gasteiger partial charge on any atom is -0.336 e. The monoisotopic (exact) mass is 435 g/mol. The third-order valence-electron chi connectivity index (χ3n) is 5.17. The number of rotatable bonds is 4. The number of hydrogen-bond donors (Lipinski definition) is 1. The Bertz CT molecular complexity index is 786. The molecule has 1 N–H and O–H groups in total. The zero-order chi connectivity index (χ0) is 18.9. The van der Waals surface area contributed by atoms with Crippen LogP contribution in [0.25, 0.3) is 0 Å². The van der Waals surface area contributed by atoms with Crippen LogP contribution >= 0.6 is 24.0 Å². The normalized spacial score (nSPS) is 22.0. The number of sulfonamides is 1. The molecule has 1 aromatic rings. The second-order valence-corrected chi connectivity index (χ2v) is 9.58. The Morgan fingerprint density at radius 1 is 1.26 bits per heavy atom. The lowest BCUT2D eigenvalue weighted by molar-refractivity contribution is -0.135. The van der Waals surface area contributed by atoms with Crippen LogP contribution in [0.2, 0.25) is 5.02 Å². The summed E-state index contributed by atoms with van der Waals surface area (Å²) in [7, 11) is -3.69. The molecule has 2 heterocycles. The summed E-state index contributed by atoms with van der Waals surface area (Å²) in [6.45, 7) is 6.53. The molecule has 0 bridgehead atoms. The molecule has 0 radical (unpaired) electrons. The van der Waals surface area contributed by atoms with Gasteiger partial charge in [-0.05, 0) is 36.5 Å². The van der Waals surface area contributed by atoms with Gasteiger partial charge in [-0.3, -0.25) is 4.79 Å². The number of nitrogens with one attached hydrogen (secondary N) is 1. The lowest BCUT2D eigenvalue weighted by Crippen LogP contribution is -2.57. The summed E-state index contributed by atoms with van der Waals surface area (Å²) < 4.78 is 27.9. The van der Waals surface area contributed by atoms with Gasteiger partial charge in [0.05, 0.1) is 11.6 Å². The first-order chi connectivity index (χ1) is 12.3. The van der Waals surface area contributed by atoms with Gasteiger partial charge in [0.2, 0.25) is 15.9 Å². The fraction of sp³-hybridized carbons (Fsp3) is 0.611. The van der Waals surface area contributed by atoms with Crippen LogP contribution in [-0.4, -0.2) is 62.3 Å². The van der Waals surface area contributed by atoms with Gasteiger partial charge in [-0.25, -0.2) is 8.42 Å². The van der Waals surface area contributed by atoms with E-state index in [2.05, 4.69) is 5.32 Å². The van der Waals surface area contributed by atoms with Gasteiger partial charge in [-0.15, -0.1) is 12.4 Å². The van der Waals surface area contributed by atoms with E-state index in [0.29, 0.717) is 26.2 Å². The number of carbonyl (C=O) groups excluding carboxylic acids is 1. The highest BCUT2D eigenvalue weighted by atomic mass is 35.5. The number of nitrogens with zero attached hydrogens (tertiary/aromatic N) is 2. The van der Waals surface area contributed by atoms with E-state index in [0.717, 1.165) is 24.9 Å². The molecule has 1 atom stereocenters. The van der Waals surface area contributed by atoms with Gasteiger partial charge in [0, 0.05) is 32.2 Å². The van der Waals surface area contributed by atoms with Crippen LogP contribution in [0.3, 0.4) is 0 Å². The van der Waals surface area contributed by atoms with Crippen LogP contribution < -0.4 is 5.32 Å². The van der Waals surface area contributed by atoms with Crippen molar-refractivity contribution in [3.63, 3.8) is 0 Å². The van der Waals surface area contributed by atoms with Crippen molar-refractivity contribution < 1.29 is 13.2 Å². The van der Waals surface area contributed by atoms with E-state index in [9.17, 15) is 13.2 Å². The molecule has 9 heteroatoms. The van der Waals surface area contributed by atoms with Crippen LogP contribution in [0.4, 0.5) is 0 Å². The second kappa shape index (κ2) is 9.09. The Morgan fingerprint density at radius 2 is 2.00 bits per heavy atom. The highest BCUT2D eigenvalue weighted by molar-refractivity contribution is 7.89. The predicted molar refractivity (Wildman–Crippen MR) is 109 cm³/mol. The number of halogens is 2. The van der Waals surface area contributed by atoms with Crippen molar-refractivity contribution in [3.05, 3.63) is 28.8 Å². The maximum atomic E-state index is 13.2. The van der Waals surface area contributed by atoms with Crippen molar-refractivity contribution in [2.75, 3.05) is 32.7 Å². The molecular weight excluding hydrogens is 409 g/mol. The number of piperidine rings is 1. The van der Waals surface area contributed by atoms with Crippen LogP contribution in [0.1, 0.15) is 38.2 Å². The Balaban J connectivity index is 0.00000261. The third kappa shape index (κ3) is 4.77. The van der Waals surface area contributed by atoms with Crippen LogP contribution in [0.5, 0.6) is 0 Å². The standard InChI is InChI=1S/C18H26ClN3O3S.ClH/c1-13(2)14-5-6-16(19)17(10-14)26(24,25)21-8-3-4-15(12-21)22-9-7-20-11-18(22)23;/h5-6,10,13,15,20H,3-4,7-9,11-12H2,1-2H3;1H. The smallest absolute Gasteiger partial charge is 0.244 e. The Kier molecular flexibility index (Phi) is 7.55. The van der Waals surface area contributed by atoms with Gasteiger partial charge in [0.1, 0.15) is 4.90 Å². The maximum absolute atomic E-state index is 13.2. The Morgan fingerprint density at radius 3 is 2.67 bits per heavy atom. The van der Waals surface area contributed by atoms with Gasteiger partial charge in [0.15, 0.2) is 0 Å². The fourth-order valence-electron chi connectivity index (χ4n) is 3.62. The molecule has 0 spiro atoms. The first kappa shape index (κ1) is 22.4. The first-order valence-corrected chi connectivity index (χ1v) is 10.9. The summed E-state index contributed by atoms with van der Waals surface area (Å²) in [4.78, 5) is 14.2. The van der Waals surface area contributed by atoms with Crippen molar-refractivity contribution in [3.8, 4) is 0 Å². The quantitative estimate of drug-likeness (QED) is 0.788. The molecule has 152 valence electrons. The minimum absolute atomic E-state index is 0. The van der Waals surface area contributed by atoms with Gasteiger partial charge < -0.3 is 10.2 Å². The summed E-state index contributed by atoms with van der Waals surface area (Å²) >= 11 is 6.23. The molecule has 2 aliphatic rings. The number of hydrogen-bond acceptors (Lipinski definition) is 4. The zero-order valence-corrected chi connectivity index (χ0v) is 18.0. The molecular formula is C18H27Cl2N3O3S. The summed E-state index contributed by atoms with van der Waals surface area (Å²) in [6.07, 6.45) is 1.57. The average molecular weight is 436 g/mol. The number of amides is 1. The van der Waals surface area contributed by atoms with Crippen LogP contribution in [0.15, 0.2) is 23.1 Å². The molecule has 2 aliphatic heterocycles. The van der Waals surface area contributed by atoms with Crippen molar-refractivity contribution in [1.29, 1.82) is 0 Å². The van der Waals surface area contributed by atoms with Gasteiger partial charge in [-0.1, -0.05) is 31.5 Å². The van der Waals surface area contributed by atoms with Crippen LogP contribution in [-0.2, 0) is 14.8 Å². The van der Waals surface area contributed by atoms with Gasteiger partial charge >= 0.3 is 0 Å². The van der Waals surface area contributed by atoms with E-state index in [1.807, 2.05) is 24.8 Å². The number of carbonyl (C=O) groups is 1. The molecule has 3 rings (SSSR count). The summed E-state index contributed by atoms with van der Waals surface area (Å²) in [6, 6.07) is 5.14. The molecule has 0 aromatic heterocycles. The number of piperazine rings is 1. The molecule has 1 unspecified atom stereocenters. The highest BCUT2D eigenvalue weighted by Gasteiger charge is 2.36. The van der Waals surface area contributed by atoms with E-state index in [1.54, 1.807) is 12.1 Å². The highest BCUT2D eigenvalue weighted by Crippen LogP contribution is 2.30. The number of benzene rings is 1. The summed E-state index contributed by atoms with van der Waals surface area (Å²) in [5, 5.41) is 3.30. The van der Waals surface area contributed by atoms with E-state index < -0.39 is 10.0 Å². The lowest BCUT2D eigenvalue weighted by Gasteiger charge is -2.40. The fourth-order valence-corrected chi connectivity index (χ4v) is 5.64. The molecule has 27 heavy (non-hydrogen) atoms. The minimum atomic E-state index is -3.69. The van der Waals surface area contributed by atoms with Crippen molar-refractivity contribution in [2.45, 2.75) is 43.5 Å². The second-order valence-electron chi connectivity index (χ2n) is 7.27. The van der Waals surface area contributed by atoms with E-state index in [1.165, 1.54) is 4.31 Å².